The van der Waals surface area contributed by atoms with E-state index in [1.54, 1.807) is 24.3 Å². The Hall–Kier alpha value is -2.26. The van der Waals surface area contributed by atoms with Crippen LogP contribution in [0.3, 0.4) is 0 Å². The third-order valence-electron chi connectivity index (χ3n) is 4.15. The van der Waals surface area contributed by atoms with E-state index in [2.05, 4.69) is 21.2 Å². The molecule has 0 spiro atoms. The molecule has 2 amide bonds. The standard InChI is InChI=1S/C18H16BrF3N2O3/c19-16-3-1-2-15(18(20,21)22)14(16)10-27-13-6-4-12(5-7-13)24-8-11(9-25)23-17(24)26/h1-7,11,25H,8-10H2,(H,23,26). The normalized spacial score (nSPS) is 17.1. The van der Waals surface area contributed by atoms with Gasteiger partial charge in [0, 0.05) is 15.7 Å². The Morgan fingerprint density at radius 2 is 1.93 bits per heavy atom. The van der Waals surface area contributed by atoms with Crippen molar-refractivity contribution in [1.29, 1.82) is 0 Å². The van der Waals surface area contributed by atoms with E-state index in [4.69, 9.17) is 9.84 Å². The number of amides is 2. The highest BCUT2D eigenvalue weighted by Crippen LogP contribution is 2.35. The van der Waals surface area contributed by atoms with Crippen LogP contribution in [0.2, 0.25) is 0 Å². The van der Waals surface area contributed by atoms with Crippen molar-refractivity contribution in [2.24, 2.45) is 0 Å². The fraction of sp³-hybridized carbons (Fsp3) is 0.278. The summed E-state index contributed by atoms with van der Waals surface area (Å²) < 4.78 is 45.2. The van der Waals surface area contributed by atoms with Crippen LogP contribution in [0.25, 0.3) is 0 Å². The lowest BCUT2D eigenvalue weighted by atomic mass is 10.1. The van der Waals surface area contributed by atoms with Crippen LogP contribution in [0, 0.1) is 0 Å². The van der Waals surface area contributed by atoms with E-state index in [1.807, 2.05) is 0 Å². The van der Waals surface area contributed by atoms with Crippen molar-refractivity contribution in [1.82, 2.24) is 5.32 Å². The molecule has 0 bridgehead atoms. The van der Waals surface area contributed by atoms with Crippen molar-refractivity contribution in [3.8, 4) is 5.75 Å². The molecule has 1 aliphatic rings. The van der Waals surface area contributed by atoms with Crippen molar-refractivity contribution < 1.29 is 27.8 Å². The molecule has 1 atom stereocenters. The summed E-state index contributed by atoms with van der Waals surface area (Å²) in [7, 11) is 0. The number of halogens is 4. The van der Waals surface area contributed by atoms with Crippen molar-refractivity contribution in [3.05, 3.63) is 58.1 Å². The van der Waals surface area contributed by atoms with Crippen LogP contribution >= 0.6 is 15.9 Å². The molecule has 1 fully saturated rings. The van der Waals surface area contributed by atoms with Gasteiger partial charge in [0.2, 0.25) is 0 Å². The number of carbonyl (C=O) groups excluding carboxylic acids is 1. The summed E-state index contributed by atoms with van der Waals surface area (Å²) in [4.78, 5) is 13.3. The molecule has 9 heteroatoms. The summed E-state index contributed by atoms with van der Waals surface area (Å²) in [6.07, 6.45) is -4.47. The molecule has 2 aromatic rings. The first-order chi connectivity index (χ1) is 12.8. The van der Waals surface area contributed by atoms with Gasteiger partial charge in [0.05, 0.1) is 24.8 Å². The van der Waals surface area contributed by atoms with Gasteiger partial charge in [-0.05, 0) is 36.4 Å². The number of ether oxygens (including phenoxy) is 1. The number of nitrogens with zero attached hydrogens (tertiary/aromatic N) is 1. The van der Waals surface area contributed by atoms with E-state index < -0.39 is 11.7 Å². The molecular weight excluding hydrogens is 429 g/mol. The number of anilines is 1. The Bertz CT molecular complexity index is 828. The lowest BCUT2D eigenvalue weighted by Crippen LogP contribution is -2.30. The van der Waals surface area contributed by atoms with Gasteiger partial charge >= 0.3 is 12.2 Å². The van der Waals surface area contributed by atoms with Gasteiger partial charge in [0.15, 0.2) is 0 Å². The number of urea groups is 1. The molecule has 0 radical (unpaired) electrons. The molecule has 1 aliphatic heterocycles. The minimum absolute atomic E-state index is 0.0128. The summed E-state index contributed by atoms with van der Waals surface area (Å²) in [6, 6.07) is 9.66. The van der Waals surface area contributed by atoms with E-state index in [9.17, 15) is 18.0 Å². The predicted molar refractivity (Wildman–Crippen MR) is 96.7 cm³/mol. The third kappa shape index (κ3) is 4.36. The van der Waals surface area contributed by atoms with E-state index in [1.165, 1.54) is 17.0 Å². The van der Waals surface area contributed by atoms with Crippen molar-refractivity contribution in [2.75, 3.05) is 18.1 Å². The van der Waals surface area contributed by atoms with Gasteiger partial charge in [-0.2, -0.15) is 13.2 Å². The lowest BCUT2D eigenvalue weighted by Gasteiger charge is -2.17. The summed E-state index contributed by atoms with van der Waals surface area (Å²) in [5, 5.41) is 11.8. The number of hydrogen-bond acceptors (Lipinski definition) is 3. The number of hydrogen-bond donors (Lipinski definition) is 2. The molecule has 27 heavy (non-hydrogen) atoms. The Labute approximate surface area is 161 Å². The zero-order valence-corrected chi connectivity index (χ0v) is 15.5. The SMILES string of the molecule is O=C1NC(CO)CN1c1ccc(OCc2c(Br)cccc2C(F)(F)F)cc1. The molecule has 2 aromatic carbocycles. The quantitative estimate of drug-likeness (QED) is 0.734. The first-order valence-electron chi connectivity index (χ1n) is 8.06. The molecule has 1 heterocycles. The minimum atomic E-state index is -4.47. The second-order valence-corrected chi connectivity index (χ2v) is 6.84. The number of benzene rings is 2. The summed E-state index contributed by atoms with van der Waals surface area (Å²) >= 11 is 3.14. The van der Waals surface area contributed by atoms with Gasteiger partial charge in [0.1, 0.15) is 12.4 Å². The maximum absolute atomic E-state index is 13.1. The Balaban J connectivity index is 1.71. The molecule has 5 nitrogen and oxygen atoms in total. The maximum Gasteiger partial charge on any atom is 0.416 e. The number of alkyl halides is 3. The third-order valence-corrected chi connectivity index (χ3v) is 4.89. The fourth-order valence-corrected chi connectivity index (χ4v) is 3.26. The maximum atomic E-state index is 13.1. The van der Waals surface area contributed by atoms with Gasteiger partial charge in [-0.25, -0.2) is 4.79 Å². The first kappa shape index (κ1) is 19.5. The van der Waals surface area contributed by atoms with Crippen LogP contribution in [-0.2, 0) is 12.8 Å². The largest absolute Gasteiger partial charge is 0.489 e. The smallest absolute Gasteiger partial charge is 0.416 e. The zero-order chi connectivity index (χ0) is 19.6. The molecule has 2 N–H and O–H groups in total. The summed E-state index contributed by atoms with van der Waals surface area (Å²) in [5.41, 5.74) is -0.135. The van der Waals surface area contributed by atoms with Crippen LogP contribution < -0.4 is 15.0 Å². The van der Waals surface area contributed by atoms with Gasteiger partial charge in [-0.15, -0.1) is 0 Å². The average molecular weight is 445 g/mol. The molecule has 1 unspecified atom stereocenters. The zero-order valence-electron chi connectivity index (χ0n) is 14.0. The first-order valence-corrected chi connectivity index (χ1v) is 8.85. The van der Waals surface area contributed by atoms with Crippen LogP contribution in [-0.4, -0.2) is 30.3 Å². The lowest BCUT2D eigenvalue weighted by molar-refractivity contribution is -0.138. The molecular formula is C18H16BrF3N2O3. The summed E-state index contributed by atoms with van der Waals surface area (Å²) in [6.45, 7) is -0.0786. The fourth-order valence-electron chi connectivity index (χ4n) is 2.78. The number of aliphatic hydroxyl groups is 1. The van der Waals surface area contributed by atoms with E-state index >= 15 is 0 Å². The van der Waals surface area contributed by atoms with Gasteiger partial charge in [-0.3, -0.25) is 4.90 Å². The van der Waals surface area contributed by atoms with Crippen LogP contribution in [0.15, 0.2) is 46.9 Å². The van der Waals surface area contributed by atoms with Gasteiger partial charge in [-0.1, -0.05) is 22.0 Å². The van der Waals surface area contributed by atoms with Crippen molar-refractivity contribution in [3.63, 3.8) is 0 Å². The Morgan fingerprint density at radius 3 is 2.52 bits per heavy atom. The molecule has 1 saturated heterocycles. The van der Waals surface area contributed by atoms with Gasteiger partial charge < -0.3 is 15.2 Å². The highest BCUT2D eigenvalue weighted by molar-refractivity contribution is 9.10. The monoisotopic (exact) mass is 444 g/mol. The second kappa shape index (κ2) is 7.77. The highest BCUT2D eigenvalue weighted by atomic mass is 79.9. The van der Waals surface area contributed by atoms with Gasteiger partial charge in [0.25, 0.3) is 0 Å². The predicted octanol–water partition coefficient (Wildman–Crippen LogP) is 3.94. The van der Waals surface area contributed by atoms with Crippen molar-refractivity contribution in [2.45, 2.75) is 18.8 Å². The number of rotatable bonds is 5. The topological polar surface area (TPSA) is 61.8 Å². The van der Waals surface area contributed by atoms with Crippen LogP contribution in [0.4, 0.5) is 23.7 Å². The van der Waals surface area contributed by atoms with Crippen LogP contribution in [0.5, 0.6) is 5.75 Å². The average Bonchev–Trinajstić information content (AvgIpc) is 3.01. The molecule has 0 aliphatic carbocycles. The molecule has 3 rings (SSSR count). The number of aliphatic hydroxyl groups excluding tert-OH is 1. The molecule has 0 aromatic heterocycles. The number of nitrogens with one attached hydrogen (secondary N) is 1. The highest BCUT2D eigenvalue weighted by Gasteiger charge is 2.34. The minimum Gasteiger partial charge on any atom is -0.489 e. The second-order valence-electron chi connectivity index (χ2n) is 5.99. The number of carbonyl (C=O) groups is 1. The summed E-state index contributed by atoms with van der Waals surface area (Å²) in [5.74, 6) is 0.376. The van der Waals surface area contributed by atoms with E-state index in [0.717, 1.165) is 6.07 Å². The Morgan fingerprint density at radius 1 is 1.22 bits per heavy atom. The Kier molecular flexibility index (Phi) is 5.61. The van der Waals surface area contributed by atoms with Crippen LogP contribution in [0.1, 0.15) is 11.1 Å². The molecule has 0 saturated carbocycles. The molecule has 144 valence electrons. The van der Waals surface area contributed by atoms with Crippen molar-refractivity contribution >= 4 is 27.6 Å². The van der Waals surface area contributed by atoms with E-state index in [0.29, 0.717) is 22.5 Å². The van der Waals surface area contributed by atoms with E-state index in [-0.39, 0.29) is 30.9 Å².